The van der Waals surface area contributed by atoms with Gasteiger partial charge in [0.2, 0.25) is 5.78 Å². The molecule has 1 atom stereocenters. The van der Waals surface area contributed by atoms with Crippen LogP contribution in [0.5, 0.6) is 0 Å². The summed E-state index contributed by atoms with van der Waals surface area (Å²) in [4.78, 5) is 36.4. The second-order valence-electron chi connectivity index (χ2n) is 7.37. The summed E-state index contributed by atoms with van der Waals surface area (Å²) in [5.41, 5.74) is 2.24. The SMILES string of the molecule is COC(=O)c1ccc(-n2c(C)cc(C(=O)COC(=O)C3(C)CC3(Cl)Cl)c2C)cc1. The van der Waals surface area contributed by atoms with Crippen LogP contribution >= 0.6 is 23.2 Å². The fraction of sp³-hybridized carbons (Fsp3) is 0.381. The third-order valence-corrected chi connectivity index (χ3v) is 6.42. The van der Waals surface area contributed by atoms with Gasteiger partial charge in [0.25, 0.3) is 0 Å². The second-order valence-corrected chi connectivity index (χ2v) is 8.86. The first-order chi connectivity index (χ1) is 13.5. The Morgan fingerprint density at radius 1 is 1.14 bits per heavy atom. The van der Waals surface area contributed by atoms with Crippen molar-refractivity contribution in [2.45, 2.75) is 31.5 Å². The average Bonchev–Trinajstić information content (AvgIpc) is 3.06. The van der Waals surface area contributed by atoms with E-state index in [1.165, 1.54) is 7.11 Å². The van der Waals surface area contributed by atoms with Crippen molar-refractivity contribution in [3.05, 3.63) is 52.8 Å². The maximum absolute atomic E-state index is 12.6. The van der Waals surface area contributed by atoms with Gasteiger partial charge in [-0.25, -0.2) is 4.79 Å². The van der Waals surface area contributed by atoms with E-state index in [1.807, 2.05) is 11.5 Å². The van der Waals surface area contributed by atoms with Gasteiger partial charge in [0, 0.05) is 29.1 Å². The Labute approximate surface area is 178 Å². The van der Waals surface area contributed by atoms with Crippen molar-refractivity contribution < 1.29 is 23.9 Å². The quantitative estimate of drug-likeness (QED) is 0.384. The van der Waals surface area contributed by atoms with Gasteiger partial charge in [0.05, 0.1) is 12.7 Å². The monoisotopic (exact) mass is 437 g/mol. The van der Waals surface area contributed by atoms with E-state index in [0.717, 1.165) is 11.4 Å². The first kappa shape index (κ1) is 21.4. The van der Waals surface area contributed by atoms with E-state index in [4.69, 9.17) is 32.7 Å². The van der Waals surface area contributed by atoms with Gasteiger partial charge in [-0.15, -0.1) is 23.2 Å². The highest BCUT2D eigenvalue weighted by atomic mass is 35.5. The number of hydrogen-bond donors (Lipinski definition) is 0. The van der Waals surface area contributed by atoms with E-state index in [0.29, 0.717) is 23.2 Å². The van der Waals surface area contributed by atoms with Crippen LogP contribution < -0.4 is 0 Å². The minimum atomic E-state index is -1.14. The highest BCUT2D eigenvalue weighted by molar-refractivity contribution is 6.53. The highest BCUT2D eigenvalue weighted by Gasteiger charge is 2.69. The number of carbonyl (C=O) groups excluding carboxylic acids is 3. The fourth-order valence-corrected chi connectivity index (χ4v) is 3.99. The molecule has 1 aromatic carbocycles. The fourth-order valence-electron chi connectivity index (χ4n) is 3.30. The van der Waals surface area contributed by atoms with Gasteiger partial charge < -0.3 is 14.0 Å². The number of methoxy groups -OCH3 is 1. The minimum absolute atomic E-state index is 0.298. The van der Waals surface area contributed by atoms with Crippen molar-refractivity contribution in [2.24, 2.45) is 5.41 Å². The molecule has 8 heteroatoms. The number of Topliss-reactive ketones (excluding diaryl/α,β-unsaturated/α-hetero) is 1. The van der Waals surface area contributed by atoms with E-state index in [-0.39, 0.29) is 12.4 Å². The van der Waals surface area contributed by atoms with Gasteiger partial charge in [-0.05, 0) is 51.1 Å². The molecular formula is C21H21Cl2NO5. The van der Waals surface area contributed by atoms with Crippen molar-refractivity contribution in [2.75, 3.05) is 13.7 Å². The summed E-state index contributed by atoms with van der Waals surface area (Å²) in [5, 5.41) is 0. The molecule has 1 aliphatic rings. The number of rotatable bonds is 6. The molecule has 1 aliphatic carbocycles. The number of carbonyl (C=O) groups is 3. The van der Waals surface area contributed by atoms with E-state index >= 15 is 0 Å². The lowest BCUT2D eigenvalue weighted by Crippen LogP contribution is -2.24. The van der Waals surface area contributed by atoms with Gasteiger partial charge in [0.15, 0.2) is 6.61 Å². The van der Waals surface area contributed by atoms with Gasteiger partial charge in [-0.2, -0.15) is 0 Å². The molecule has 0 aliphatic heterocycles. The minimum Gasteiger partial charge on any atom is -0.465 e. The van der Waals surface area contributed by atoms with Crippen LogP contribution in [-0.4, -0.2) is 40.3 Å². The highest BCUT2D eigenvalue weighted by Crippen LogP contribution is 2.64. The molecule has 0 spiro atoms. The van der Waals surface area contributed by atoms with Crippen molar-refractivity contribution in [3.8, 4) is 5.69 Å². The molecule has 3 rings (SSSR count). The molecule has 1 aromatic heterocycles. The van der Waals surface area contributed by atoms with Crippen molar-refractivity contribution in [3.63, 3.8) is 0 Å². The molecule has 1 saturated carbocycles. The first-order valence-corrected chi connectivity index (χ1v) is 9.73. The summed E-state index contributed by atoms with van der Waals surface area (Å²) in [5.74, 6) is -1.32. The van der Waals surface area contributed by atoms with Crippen LogP contribution in [0.1, 0.15) is 45.4 Å². The molecule has 0 amide bonds. The van der Waals surface area contributed by atoms with Crippen LogP contribution in [-0.2, 0) is 14.3 Å². The zero-order chi connectivity index (χ0) is 21.6. The molecule has 154 valence electrons. The lowest BCUT2D eigenvalue weighted by molar-refractivity contribution is -0.148. The Balaban J connectivity index is 1.76. The van der Waals surface area contributed by atoms with Crippen molar-refractivity contribution >= 4 is 40.9 Å². The van der Waals surface area contributed by atoms with Crippen molar-refractivity contribution in [1.82, 2.24) is 4.57 Å². The van der Waals surface area contributed by atoms with Crippen LogP contribution in [0.3, 0.4) is 0 Å². The zero-order valence-corrected chi connectivity index (χ0v) is 18.1. The van der Waals surface area contributed by atoms with Gasteiger partial charge in [-0.3, -0.25) is 9.59 Å². The van der Waals surface area contributed by atoms with Crippen LogP contribution in [0, 0.1) is 19.3 Å². The molecule has 6 nitrogen and oxygen atoms in total. The summed E-state index contributed by atoms with van der Waals surface area (Å²) < 4.78 is 10.6. The normalized spacial score (nSPS) is 19.5. The summed E-state index contributed by atoms with van der Waals surface area (Å²) >= 11 is 12.0. The molecule has 1 heterocycles. The molecule has 1 fully saturated rings. The maximum Gasteiger partial charge on any atom is 0.337 e. The number of alkyl halides is 2. The number of ketones is 1. The first-order valence-electron chi connectivity index (χ1n) is 8.98. The number of hydrogen-bond acceptors (Lipinski definition) is 5. The molecule has 0 bridgehead atoms. The van der Waals surface area contributed by atoms with Crippen molar-refractivity contribution in [1.29, 1.82) is 0 Å². The zero-order valence-electron chi connectivity index (χ0n) is 16.5. The number of halogens is 2. The van der Waals surface area contributed by atoms with E-state index in [2.05, 4.69) is 0 Å². The number of benzene rings is 1. The molecule has 2 aromatic rings. The maximum atomic E-state index is 12.6. The summed E-state index contributed by atoms with van der Waals surface area (Å²) in [6.45, 7) is 4.90. The van der Waals surface area contributed by atoms with E-state index < -0.39 is 21.7 Å². The summed E-state index contributed by atoms with van der Waals surface area (Å²) in [6.07, 6.45) is 0.298. The third kappa shape index (κ3) is 3.79. The number of nitrogens with zero attached hydrogens (tertiary/aromatic N) is 1. The lowest BCUT2D eigenvalue weighted by atomic mass is 10.1. The molecule has 0 radical (unpaired) electrons. The average molecular weight is 438 g/mol. The van der Waals surface area contributed by atoms with Gasteiger partial charge >= 0.3 is 11.9 Å². The second kappa shape index (κ2) is 7.50. The van der Waals surface area contributed by atoms with Gasteiger partial charge in [-0.1, -0.05) is 0 Å². The Bertz CT molecular complexity index is 993. The number of esters is 2. The molecule has 29 heavy (non-hydrogen) atoms. The summed E-state index contributed by atoms with van der Waals surface area (Å²) in [7, 11) is 1.32. The van der Waals surface area contributed by atoms with Crippen LogP contribution in [0.2, 0.25) is 0 Å². The number of aryl methyl sites for hydroxylation is 1. The van der Waals surface area contributed by atoms with Gasteiger partial charge in [0.1, 0.15) is 9.75 Å². The Hall–Kier alpha value is -2.31. The molecule has 1 unspecified atom stereocenters. The van der Waals surface area contributed by atoms with E-state index in [1.54, 1.807) is 44.2 Å². The topological polar surface area (TPSA) is 74.6 Å². The molecule has 0 N–H and O–H groups in total. The smallest absolute Gasteiger partial charge is 0.337 e. The Morgan fingerprint density at radius 2 is 1.72 bits per heavy atom. The van der Waals surface area contributed by atoms with E-state index in [9.17, 15) is 14.4 Å². The van der Waals surface area contributed by atoms with Crippen LogP contribution in [0.15, 0.2) is 30.3 Å². The molecular weight excluding hydrogens is 417 g/mol. The number of ether oxygens (including phenoxy) is 2. The Morgan fingerprint density at radius 3 is 2.24 bits per heavy atom. The standard InChI is InChI=1S/C21H21Cl2NO5/c1-12-9-16(17(25)10-29-19(27)20(3)11-21(20,22)23)13(2)24(12)15-7-5-14(6-8-15)18(26)28-4/h5-9H,10-11H2,1-4H3. The largest absolute Gasteiger partial charge is 0.465 e. The Kier molecular flexibility index (Phi) is 5.54. The number of aromatic nitrogens is 1. The predicted molar refractivity (Wildman–Crippen MR) is 109 cm³/mol. The lowest BCUT2D eigenvalue weighted by Gasteiger charge is -2.12. The predicted octanol–water partition coefficient (Wildman–Crippen LogP) is 4.19. The van der Waals surface area contributed by atoms with Crippen LogP contribution in [0.4, 0.5) is 0 Å². The van der Waals surface area contributed by atoms with Crippen LogP contribution in [0.25, 0.3) is 5.69 Å². The molecule has 0 saturated heterocycles. The summed E-state index contributed by atoms with van der Waals surface area (Å²) in [6, 6.07) is 8.60. The third-order valence-electron chi connectivity index (χ3n) is 5.32.